The number of carbonyl (C=O) groups is 2. The molecule has 2 rings (SSSR count). The largest absolute Gasteiger partial charge is 0.469 e. The SMILES string of the molecule is CC.CCC1CCC(C(=O)OC)CC1.CCc1c(C)cc([N+](=O)[O-])cc1C(C)=O. The maximum Gasteiger partial charge on any atom is 0.308 e. The highest BCUT2D eigenvalue weighted by molar-refractivity contribution is 5.96. The van der Waals surface area contributed by atoms with Crippen LogP contribution in [0.1, 0.15) is 88.2 Å². The second-order valence-electron chi connectivity index (χ2n) is 7.10. The van der Waals surface area contributed by atoms with Crippen LogP contribution in [0.15, 0.2) is 12.1 Å². The molecule has 0 atom stereocenters. The first kappa shape index (κ1) is 26.8. The van der Waals surface area contributed by atoms with E-state index in [1.54, 1.807) is 6.92 Å². The van der Waals surface area contributed by atoms with Crippen LogP contribution in [0.25, 0.3) is 0 Å². The Morgan fingerprint density at radius 1 is 1.14 bits per heavy atom. The van der Waals surface area contributed by atoms with E-state index in [9.17, 15) is 19.7 Å². The van der Waals surface area contributed by atoms with Crippen LogP contribution in [-0.4, -0.2) is 23.8 Å². The van der Waals surface area contributed by atoms with Gasteiger partial charge in [0.05, 0.1) is 18.0 Å². The number of esters is 1. The summed E-state index contributed by atoms with van der Waals surface area (Å²) in [5, 5.41) is 10.6. The molecule has 1 aromatic carbocycles. The van der Waals surface area contributed by atoms with E-state index in [1.165, 1.54) is 45.4 Å². The molecule has 1 aromatic rings. The number of nitro groups is 1. The molecular formula is C23H37NO5. The van der Waals surface area contributed by atoms with Crippen LogP contribution in [0.4, 0.5) is 5.69 Å². The highest BCUT2D eigenvalue weighted by atomic mass is 16.6. The number of Topliss-reactive ketones (excluding diaryl/α,β-unsaturated/α-hetero) is 1. The topological polar surface area (TPSA) is 86.5 Å². The Morgan fingerprint density at radius 3 is 2.07 bits per heavy atom. The van der Waals surface area contributed by atoms with Gasteiger partial charge in [-0.15, -0.1) is 0 Å². The van der Waals surface area contributed by atoms with Gasteiger partial charge in [-0.1, -0.05) is 34.1 Å². The van der Waals surface area contributed by atoms with E-state index in [-0.39, 0.29) is 23.4 Å². The van der Waals surface area contributed by atoms with Crippen molar-refractivity contribution in [1.82, 2.24) is 0 Å². The lowest BCUT2D eigenvalue weighted by Crippen LogP contribution is -2.22. The van der Waals surface area contributed by atoms with Crippen LogP contribution in [0, 0.1) is 28.9 Å². The molecule has 0 unspecified atom stereocenters. The monoisotopic (exact) mass is 407 g/mol. The summed E-state index contributed by atoms with van der Waals surface area (Å²) in [5.41, 5.74) is 2.14. The fourth-order valence-corrected chi connectivity index (χ4v) is 3.66. The number of non-ortho nitro benzene ring substituents is 1. The maximum atomic E-state index is 11.3. The summed E-state index contributed by atoms with van der Waals surface area (Å²) in [6, 6.07) is 2.86. The predicted octanol–water partition coefficient (Wildman–Crippen LogP) is 6.07. The van der Waals surface area contributed by atoms with Gasteiger partial charge in [0.2, 0.25) is 0 Å². The third-order valence-corrected chi connectivity index (χ3v) is 5.36. The number of ether oxygens (including phenoxy) is 1. The van der Waals surface area contributed by atoms with Crippen LogP contribution in [0.3, 0.4) is 0 Å². The van der Waals surface area contributed by atoms with Crippen LogP contribution < -0.4 is 0 Å². The van der Waals surface area contributed by atoms with Gasteiger partial charge in [-0.3, -0.25) is 19.7 Å². The molecule has 0 saturated heterocycles. The molecule has 0 heterocycles. The van der Waals surface area contributed by atoms with E-state index in [0.29, 0.717) is 12.0 Å². The lowest BCUT2D eigenvalue weighted by atomic mass is 9.81. The molecule has 0 aromatic heterocycles. The minimum atomic E-state index is -0.473. The second-order valence-corrected chi connectivity index (χ2v) is 7.10. The molecule has 1 aliphatic carbocycles. The Balaban J connectivity index is 0.000000508. The summed E-state index contributed by atoms with van der Waals surface area (Å²) in [7, 11) is 1.48. The molecule has 0 spiro atoms. The van der Waals surface area contributed by atoms with Crippen molar-refractivity contribution in [2.24, 2.45) is 11.8 Å². The standard InChI is InChI=1S/C11H13NO3.C10H18O2.C2H6/c1-4-10-7(2)5-9(12(14)15)6-11(10)8(3)13;1-3-8-4-6-9(7-5-8)10(11)12-2;1-2/h5-6H,4H2,1-3H3;8-9H,3-7H2,1-2H3;1-2H3. The third kappa shape index (κ3) is 8.34. The molecule has 0 radical (unpaired) electrons. The Morgan fingerprint density at radius 2 is 1.69 bits per heavy atom. The first-order valence-electron chi connectivity index (χ1n) is 10.6. The van der Waals surface area contributed by atoms with Crippen molar-refractivity contribution in [2.75, 3.05) is 7.11 Å². The molecule has 6 nitrogen and oxygen atoms in total. The van der Waals surface area contributed by atoms with Crippen molar-refractivity contribution in [1.29, 1.82) is 0 Å². The lowest BCUT2D eigenvalue weighted by molar-refractivity contribution is -0.384. The normalized spacial score (nSPS) is 17.8. The van der Waals surface area contributed by atoms with Crippen molar-refractivity contribution >= 4 is 17.4 Å². The molecule has 164 valence electrons. The first-order valence-corrected chi connectivity index (χ1v) is 10.6. The molecule has 0 aliphatic heterocycles. The van der Waals surface area contributed by atoms with Crippen LogP contribution in [0.5, 0.6) is 0 Å². The number of aryl methyl sites for hydroxylation is 1. The molecule has 29 heavy (non-hydrogen) atoms. The van der Waals surface area contributed by atoms with Gasteiger partial charge in [-0.25, -0.2) is 0 Å². The summed E-state index contributed by atoms with van der Waals surface area (Å²) in [6.45, 7) is 11.4. The van der Waals surface area contributed by atoms with Crippen LogP contribution >= 0.6 is 0 Å². The zero-order valence-electron chi connectivity index (χ0n) is 19.0. The zero-order chi connectivity index (χ0) is 22.6. The number of nitro benzene ring substituents is 1. The summed E-state index contributed by atoms with van der Waals surface area (Å²) >= 11 is 0. The fourth-order valence-electron chi connectivity index (χ4n) is 3.66. The maximum absolute atomic E-state index is 11.3. The quantitative estimate of drug-likeness (QED) is 0.256. The molecule has 1 saturated carbocycles. The van der Waals surface area contributed by atoms with Gasteiger partial charge >= 0.3 is 5.97 Å². The molecule has 0 N–H and O–H groups in total. The van der Waals surface area contributed by atoms with Crippen molar-refractivity contribution < 1.29 is 19.2 Å². The Hall–Kier alpha value is -2.24. The summed E-state index contributed by atoms with van der Waals surface area (Å²) in [4.78, 5) is 32.6. The average molecular weight is 408 g/mol. The fraction of sp³-hybridized carbons (Fsp3) is 0.652. The van der Waals surface area contributed by atoms with Gasteiger partial charge in [0, 0.05) is 17.7 Å². The van der Waals surface area contributed by atoms with Crippen molar-refractivity contribution in [2.45, 2.75) is 80.1 Å². The predicted molar refractivity (Wildman–Crippen MR) is 116 cm³/mol. The number of nitrogens with zero attached hydrogens (tertiary/aromatic N) is 1. The smallest absolute Gasteiger partial charge is 0.308 e. The number of benzene rings is 1. The van der Waals surface area contributed by atoms with Gasteiger partial charge in [0.25, 0.3) is 5.69 Å². The second kappa shape index (κ2) is 13.9. The molecule has 0 bridgehead atoms. The number of hydrogen-bond donors (Lipinski definition) is 0. The Kier molecular flexibility index (Phi) is 12.8. The van der Waals surface area contributed by atoms with Crippen molar-refractivity contribution in [3.63, 3.8) is 0 Å². The number of hydrogen-bond acceptors (Lipinski definition) is 5. The van der Waals surface area contributed by atoms with Crippen molar-refractivity contribution in [3.05, 3.63) is 38.9 Å². The highest BCUT2D eigenvalue weighted by Crippen LogP contribution is 2.31. The van der Waals surface area contributed by atoms with E-state index >= 15 is 0 Å². The number of rotatable bonds is 5. The van der Waals surface area contributed by atoms with E-state index in [0.717, 1.165) is 29.9 Å². The molecule has 0 amide bonds. The van der Waals surface area contributed by atoms with Gasteiger partial charge in [-0.05, 0) is 63.0 Å². The van der Waals surface area contributed by atoms with Gasteiger partial charge in [0.15, 0.2) is 5.78 Å². The summed E-state index contributed by atoms with van der Waals surface area (Å²) in [5.74, 6) is 0.909. The highest BCUT2D eigenvalue weighted by Gasteiger charge is 2.25. The van der Waals surface area contributed by atoms with Crippen LogP contribution in [-0.2, 0) is 16.0 Å². The molecule has 6 heteroatoms. The van der Waals surface area contributed by atoms with E-state index in [2.05, 4.69) is 6.92 Å². The number of ketones is 1. The van der Waals surface area contributed by atoms with Gasteiger partial charge in [-0.2, -0.15) is 0 Å². The molecular weight excluding hydrogens is 370 g/mol. The molecule has 1 fully saturated rings. The van der Waals surface area contributed by atoms with Crippen LogP contribution in [0.2, 0.25) is 0 Å². The number of methoxy groups -OCH3 is 1. The van der Waals surface area contributed by atoms with E-state index in [4.69, 9.17) is 4.74 Å². The number of carbonyl (C=O) groups excluding carboxylic acids is 2. The summed E-state index contributed by atoms with van der Waals surface area (Å²) < 4.78 is 4.72. The lowest BCUT2D eigenvalue weighted by Gasteiger charge is -2.25. The average Bonchev–Trinajstić information content (AvgIpc) is 2.74. The van der Waals surface area contributed by atoms with Gasteiger partial charge in [0.1, 0.15) is 0 Å². The molecule has 1 aliphatic rings. The van der Waals surface area contributed by atoms with E-state index < -0.39 is 4.92 Å². The Bertz CT molecular complexity index is 676. The minimum Gasteiger partial charge on any atom is -0.469 e. The first-order chi connectivity index (χ1) is 13.7. The minimum absolute atomic E-state index is 0.00967. The van der Waals surface area contributed by atoms with Gasteiger partial charge < -0.3 is 4.74 Å². The summed E-state index contributed by atoms with van der Waals surface area (Å²) in [6.07, 6.45) is 6.44. The Labute approximate surface area is 175 Å². The van der Waals surface area contributed by atoms with E-state index in [1.807, 2.05) is 20.8 Å². The third-order valence-electron chi connectivity index (χ3n) is 5.36. The van der Waals surface area contributed by atoms with Crippen molar-refractivity contribution in [3.8, 4) is 0 Å². The zero-order valence-corrected chi connectivity index (χ0v) is 19.0.